The van der Waals surface area contributed by atoms with Crippen LogP contribution in [0.5, 0.6) is 0 Å². The molecule has 2 N–H and O–H groups in total. The van der Waals surface area contributed by atoms with Crippen LogP contribution in [0.4, 0.5) is 5.69 Å². The van der Waals surface area contributed by atoms with Crippen molar-refractivity contribution in [2.75, 3.05) is 38.5 Å². The predicted molar refractivity (Wildman–Crippen MR) is 137 cm³/mol. The summed E-state index contributed by atoms with van der Waals surface area (Å²) in [6.07, 6.45) is 0. The Morgan fingerprint density at radius 2 is 1.43 bits per heavy atom. The summed E-state index contributed by atoms with van der Waals surface area (Å²) in [5.41, 5.74) is 4.03. The third-order valence-electron chi connectivity index (χ3n) is 6.23. The van der Waals surface area contributed by atoms with Crippen LogP contribution in [0.1, 0.15) is 42.2 Å². The number of amides is 3. The van der Waals surface area contributed by atoms with Crippen LogP contribution in [0.3, 0.4) is 0 Å². The van der Waals surface area contributed by atoms with Crippen LogP contribution in [-0.2, 0) is 6.54 Å². The molecule has 0 radical (unpaired) electrons. The van der Waals surface area contributed by atoms with E-state index < -0.39 is 0 Å². The van der Waals surface area contributed by atoms with E-state index >= 15 is 0 Å². The highest BCUT2D eigenvalue weighted by Crippen LogP contribution is 2.18. The van der Waals surface area contributed by atoms with Crippen LogP contribution in [-0.4, -0.2) is 60.7 Å². The van der Waals surface area contributed by atoms with E-state index in [1.54, 1.807) is 36.4 Å². The van der Waals surface area contributed by atoms with Gasteiger partial charge in [-0.05, 0) is 61.5 Å². The number of hydrogen-bond acceptors (Lipinski definition) is 4. The Labute approximate surface area is 205 Å². The number of hydrogen-bond donors (Lipinski definition) is 2. The van der Waals surface area contributed by atoms with Crippen LogP contribution in [0.2, 0.25) is 0 Å². The fourth-order valence-corrected chi connectivity index (χ4v) is 3.92. The number of nitrogens with zero attached hydrogens (tertiary/aromatic N) is 2. The number of likely N-dealkylation sites (N-methyl/N-ethyl adjacent to an activating group) is 1. The Balaban J connectivity index is 1.35. The number of rotatable bonds is 6. The molecule has 4 rings (SSSR count). The van der Waals surface area contributed by atoms with E-state index in [0.29, 0.717) is 28.9 Å². The zero-order chi connectivity index (χ0) is 24.8. The molecule has 3 amide bonds. The van der Waals surface area contributed by atoms with E-state index in [2.05, 4.69) is 22.6 Å². The van der Waals surface area contributed by atoms with E-state index in [4.69, 9.17) is 0 Å². The highest BCUT2D eigenvalue weighted by molar-refractivity contribution is 6.05. The minimum absolute atomic E-state index is 0.0402. The van der Waals surface area contributed by atoms with Gasteiger partial charge in [0.2, 0.25) is 0 Å². The van der Waals surface area contributed by atoms with Crippen molar-refractivity contribution in [2.45, 2.75) is 13.5 Å². The first-order valence-electron chi connectivity index (χ1n) is 11.7. The van der Waals surface area contributed by atoms with Crippen molar-refractivity contribution in [1.29, 1.82) is 0 Å². The van der Waals surface area contributed by atoms with Gasteiger partial charge in [0, 0.05) is 55.1 Å². The largest absolute Gasteiger partial charge is 0.348 e. The third kappa shape index (κ3) is 6.13. The maximum atomic E-state index is 12.8. The summed E-state index contributed by atoms with van der Waals surface area (Å²) in [5.74, 6) is -0.423. The van der Waals surface area contributed by atoms with Gasteiger partial charge in [0.15, 0.2) is 0 Å². The lowest BCUT2D eigenvalue weighted by Gasteiger charge is -2.32. The van der Waals surface area contributed by atoms with Gasteiger partial charge in [0.05, 0.1) is 0 Å². The molecule has 1 aliphatic heterocycles. The molecular formula is C28H30N4O3. The number of carbonyl (C=O) groups excluding carboxylic acids is 3. The van der Waals surface area contributed by atoms with Crippen molar-refractivity contribution < 1.29 is 14.4 Å². The normalized spacial score (nSPS) is 13.8. The van der Waals surface area contributed by atoms with Gasteiger partial charge in [-0.3, -0.25) is 14.4 Å². The molecule has 3 aromatic rings. The minimum atomic E-state index is -0.238. The molecule has 0 spiro atoms. The Morgan fingerprint density at radius 1 is 0.771 bits per heavy atom. The second kappa shape index (κ2) is 11.0. The molecule has 1 saturated heterocycles. The van der Waals surface area contributed by atoms with Crippen LogP contribution >= 0.6 is 0 Å². The van der Waals surface area contributed by atoms with Crippen molar-refractivity contribution in [3.8, 4) is 0 Å². The summed E-state index contributed by atoms with van der Waals surface area (Å²) >= 11 is 0. The van der Waals surface area contributed by atoms with Crippen LogP contribution in [0.15, 0.2) is 72.8 Å². The lowest BCUT2D eigenvalue weighted by Crippen LogP contribution is -2.47. The van der Waals surface area contributed by atoms with Gasteiger partial charge in [0.1, 0.15) is 0 Å². The van der Waals surface area contributed by atoms with E-state index in [9.17, 15) is 14.4 Å². The third-order valence-corrected chi connectivity index (χ3v) is 6.23. The fraction of sp³-hybridized carbons (Fsp3) is 0.250. The predicted octanol–water partition coefficient (Wildman–Crippen LogP) is 3.56. The van der Waals surface area contributed by atoms with Gasteiger partial charge < -0.3 is 20.4 Å². The molecule has 35 heavy (non-hydrogen) atoms. The van der Waals surface area contributed by atoms with Gasteiger partial charge in [-0.2, -0.15) is 0 Å². The van der Waals surface area contributed by atoms with E-state index in [-0.39, 0.29) is 17.7 Å². The van der Waals surface area contributed by atoms with Crippen molar-refractivity contribution in [3.05, 3.63) is 101 Å². The molecule has 0 aliphatic carbocycles. The number of carbonyl (C=O) groups is 3. The summed E-state index contributed by atoms with van der Waals surface area (Å²) in [5, 5.41) is 5.80. The highest BCUT2D eigenvalue weighted by Gasteiger charge is 2.20. The second-order valence-corrected chi connectivity index (χ2v) is 8.82. The van der Waals surface area contributed by atoms with Gasteiger partial charge in [-0.1, -0.05) is 36.4 Å². The zero-order valence-corrected chi connectivity index (χ0v) is 20.1. The molecule has 0 unspecified atom stereocenters. The summed E-state index contributed by atoms with van der Waals surface area (Å²) in [6.45, 7) is 5.45. The Kier molecular flexibility index (Phi) is 7.57. The molecule has 3 aromatic carbocycles. The second-order valence-electron chi connectivity index (χ2n) is 8.82. The molecule has 0 saturated carbocycles. The lowest BCUT2D eigenvalue weighted by atomic mass is 10.1. The van der Waals surface area contributed by atoms with Crippen molar-refractivity contribution in [1.82, 2.24) is 15.1 Å². The lowest BCUT2D eigenvalue weighted by molar-refractivity contribution is 0.0663. The molecule has 1 fully saturated rings. The molecule has 1 heterocycles. The number of piperazine rings is 1. The van der Waals surface area contributed by atoms with Gasteiger partial charge in [-0.15, -0.1) is 0 Å². The summed E-state index contributed by atoms with van der Waals surface area (Å²) in [6, 6.07) is 21.5. The first kappa shape index (κ1) is 24.2. The van der Waals surface area contributed by atoms with Gasteiger partial charge in [-0.25, -0.2) is 0 Å². The smallest absolute Gasteiger partial charge is 0.255 e. The van der Waals surface area contributed by atoms with Crippen LogP contribution in [0, 0.1) is 6.92 Å². The number of nitrogens with one attached hydrogen (secondary N) is 2. The summed E-state index contributed by atoms with van der Waals surface area (Å²) in [7, 11) is 2.06. The van der Waals surface area contributed by atoms with Crippen molar-refractivity contribution in [3.63, 3.8) is 0 Å². The maximum Gasteiger partial charge on any atom is 0.255 e. The molecule has 0 aromatic heterocycles. The summed E-state index contributed by atoms with van der Waals surface area (Å²) in [4.78, 5) is 42.1. The number of anilines is 1. The average molecular weight is 471 g/mol. The zero-order valence-electron chi connectivity index (χ0n) is 20.1. The fourth-order valence-electron chi connectivity index (χ4n) is 3.92. The van der Waals surface area contributed by atoms with Crippen LogP contribution < -0.4 is 10.6 Å². The molecule has 180 valence electrons. The quantitative estimate of drug-likeness (QED) is 0.577. The number of benzene rings is 3. The monoisotopic (exact) mass is 470 g/mol. The van der Waals surface area contributed by atoms with E-state index in [0.717, 1.165) is 37.3 Å². The highest BCUT2D eigenvalue weighted by atomic mass is 16.2. The Morgan fingerprint density at radius 3 is 2.11 bits per heavy atom. The van der Waals surface area contributed by atoms with Crippen molar-refractivity contribution >= 4 is 23.4 Å². The first-order valence-corrected chi connectivity index (χ1v) is 11.7. The van der Waals surface area contributed by atoms with E-state index in [1.807, 2.05) is 48.2 Å². The summed E-state index contributed by atoms with van der Waals surface area (Å²) < 4.78 is 0. The molecule has 7 nitrogen and oxygen atoms in total. The standard InChI is InChI=1S/C28H30N4O3/c1-20-8-11-24(18-25(20)30-27(34)22-6-4-3-5-7-22)26(33)29-19-21-9-12-23(13-10-21)28(35)32-16-14-31(2)15-17-32/h3-13,18H,14-17,19H2,1-2H3,(H,29,33)(H,30,34). The van der Waals surface area contributed by atoms with Gasteiger partial charge in [0.25, 0.3) is 17.7 Å². The van der Waals surface area contributed by atoms with Crippen LogP contribution in [0.25, 0.3) is 0 Å². The minimum Gasteiger partial charge on any atom is -0.348 e. The van der Waals surface area contributed by atoms with Crippen molar-refractivity contribution in [2.24, 2.45) is 0 Å². The van der Waals surface area contributed by atoms with Gasteiger partial charge >= 0.3 is 0 Å². The topological polar surface area (TPSA) is 81.8 Å². The molecule has 7 heteroatoms. The molecular weight excluding hydrogens is 440 g/mol. The number of aryl methyl sites for hydroxylation is 1. The molecule has 0 bridgehead atoms. The maximum absolute atomic E-state index is 12.8. The first-order chi connectivity index (χ1) is 16.9. The SMILES string of the molecule is Cc1ccc(C(=O)NCc2ccc(C(=O)N3CCN(C)CC3)cc2)cc1NC(=O)c1ccccc1. The Hall–Kier alpha value is -3.97. The van der Waals surface area contributed by atoms with E-state index in [1.165, 1.54) is 0 Å². The molecule has 0 atom stereocenters. The average Bonchev–Trinajstić information content (AvgIpc) is 2.89. The molecule has 1 aliphatic rings. The Bertz CT molecular complexity index is 1200.